The van der Waals surface area contributed by atoms with E-state index in [4.69, 9.17) is 19.3 Å². The molecule has 3 aromatic heterocycles. The topological polar surface area (TPSA) is 184 Å². The van der Waals surface area contributed by atoms with Crippen molar-refractivity contribution < 1.29 is 60.4 Å². The van der Waals surface area contributed by atoms with Gasteiger partial charge in [-0.3, -0.25) is 29.4 Å². The summed E-state index contributed by atoms with van der Waals surface area (Å²) in [5.74, 6) is -2.32. The molecule has 23 heteroatoms. The third kappa shape index (κ3) is 11.6. The highest BCUT2D eigenvalue weighted by Gasteiger charge is 2.46. The average molecular weight is 1050 g/mol. The summed E-state index contributed by atoms with van der Waals surface area (Å²) in [6.07, 6.45) is -7.14. The summed E-state index contributed by atoms with van der Waals surface area (Å²) >= 11 is 0. The average Bonchev–Trinajstić information content (AvgIpc) is 3.94. The molecule has 0 spiro atoms. The monoisotopic (exact) mass is 1050 g/mol. The number of morpholine rings is 1. The van der Waals surface area contributed by atoms with Gasteiger partial charge in [-0.15, -0.1) is 0 Å². The number of urea groups is 1. The van der Waals surface area contributed by atoms with E-state index in [0.29, 0.717) is 40.1 Å². The number of nitrogens with zero attached hydrogens (tertiary/aromatic N) is 8. The fourth-order valence-corrected chi connectivity index (χ4v) is 10.8. The van der Waals surface area contributed by atoms with E-state index >= 15 is 8.78 Å². The van der Waals surface area contributed by atoms with Crippen LogP contribution in [0.3, 0.4) is 0 Å². The van der Waals surface area contributed by atoms with Gasteiger partial charge in [-0.25, -0.2) is 18.4 Å². The molecule has 18 nitrogen and oxygen atoms in total. The number of hydrazine groups is 1. The molecule has 0 aliphatic carbocycles. The molecule has 0 unspecified atom stereocenters. The van der Waals surface area contributed by atoms with Gasteiger partial charge in [0.2, 0.25) is 16.7 Å². The predicted octanol–water partition coefficient (Wildman–Crippen LogP) is 6.92. The number of benzene rings is 1. The lowest BCUT2D eigenvalue weighted by Gasteiger charge is -2.36. The summed E-state index contributed by atoms with van der Waals surface area (Å²) in [6, 6.07) is 6.46. The van der Waals surface area contributed by atoms with Gasteiger partial charge in [0.15, 0.2) is 6.61 Å². The Morgan fingerprint density at radius 1 is 1.11 bits per heavy atom. The number of likely N-dealkylation sites (N-methyl/N-ethyl adjacent to an activating group) is 1. The van der Waals surface area contributed by atoms with Crippen molar-refractivity contribution >= 4 is 34.7 Å². The minimum absolute atomic E-state index is 0.0177. The fraction of sp³-hybridized carbons (Fsp3) is 0.538. The fourth-order valence-electron chi connectivity index (χ4n) is 10.8. The molecule has 404 valence electrons. The van der Waals surface area contributed by atoms with E-state index in [2.05, 4.69) is 22.3 Å². The molecule has 0 saturated carbocycles. The summed E-state index contributed by atoms with van der Waals surface area (Å²) in [5, 5.41) is 4.32. The van der Waals surface area contributed by atoms with Gasteiger partial charge in [-0.2, -0.15) is 18.6 Å². The van der Waals surface area contributed by atoms with Crippen LogP contribution in [0, 0.1) is 16.2 Å². The molecule has 4 aromatic rings. The van der Waals surface area contributed by atoms with Crippen molar-refractivity contribution in [2.75, 3.05) is 53.6 Å². The number of fused-ring (bicyclic) bond motifs is 7. The highest BCUT2D eigenvalue weighted by atomic mass is 19.4. The number of pyridine rings is 2. The molecule has 5 amide bonds. The van der Waals surface area contributed by atoms with Crippen LogP contribution in [-0.2, 0) is 48.1 Å². The number of ether oxygens (including phenoxy) is 2. The normalized spacial score (nSPS) is 22.1. The zero-order valence-electron chi connectivity index (χ0n) is 43.0. The first-order valence-corrected chi connectivity index (χ1v) is 25.0. The first kappa shape index (κ1) is 54.7. The summed E-state index contributed by atoms with van der Waals surface area (Å²) < 4.78 is 87.1. The number of nitrogens with one attached hydrogen (secondary N) is 2. The number of amides is 5. The standard InChI is InChI=1S/C52H63F5N10O8/c1-9-43(68)64-18-19-74-41-26-63(25-40(41)64)50(71)62(7)45(29(2)3)48(69)60-38-23-33-20-32(47(53)54)22-37(59-33)31-14-15-39-35(21-31)36(24-51(5,6)28-75-67(72)42-13-11-17-66(61-42)49(38)70)46(65(39)27-52(55,56)57)34-12-10-16-58-44(34)30(4)73-8/h9-10,12,14-16,20-22,29-30,38,40-42,45,47,61H,1,11,13,17-19,23-28H2,2-8H3/p+1/t30-,38-,40+,41-,42+,45-/m0/s1. The van der Waals surface area contributed by atoms with E-state index in [1.807, 2.05) is 0 Å². The third-order valence-corrected chi connectivity index (χ3v) is 14.4. The molecule has 3 fully saturated rings. The summed E-state index contributed by atoms with van der Waals surface area (Å²) in [6.45, 7) is 11.6. The van der Waals surface area contributed by atoms with Crippen molar-refractivity contribution in [1.82, 2.24) is 45.0 Å². The third-order valence-electron chi connectivity index (χ3n) is 14.4. The number of hydrogen-bond donors (Lipinski definition) is 2. The first-order valence-electron chi connectivity index (χ1n) is 25.0. The zero-order valence-corrected chi connectivity index (χ0v) is 43.0. The van der Waals surface area contributed by atoms with Crippen LogP contribution in [0.4, 0.5) is 26.7 Å². The van der Waals surface area contributed by atoms with Crippen LogP contribution in [0.2, 0.25) is 0 Å². The number of carbonyl (C=O) groups is 4. The van der Waals surface area contributed by atoms with E-state index in [-0.39, 0.29) is 79.8 Å². The zero-order chi connectivity index (χ0) is 54.3. The number of halogens is 5. The Hall–Kier alpha value is -6.59. The minimum Gasteiger partial charge on any atom is -0.375 e. The highest BCUT2D eigenvalue weighted by molar-refractivity contribution is 5.96. The van der Waals surface area contributed by atoms with Crippen LogP contribution < -0.4 is 10.7 Å². The number of aromatic nitrogens is 3. The van der Waals surface area contributed by atoms with Gasteiger partial charge in [-0.1, -0.05) is 40.3 Å². The molecule has 4 aliphatic rings. The van der Waals surface area contributed by atoms with Crippen molar-refractivity contribution in [3.05, 3.63) is 88.7 Å². The Morgan fingerprint density at radius 3 is 2.56 bits per heavy atom. The highest BCUT2D eigenvalue weighted by Crippen LogP contribution is 2.43. The van der Waals surface area contributed by atoms with Gasteiger partial charge in [0.05, 0.1) is 53.4 Å². The molecular formula is C52H64F5N10O8+. The van der Waals surface area contributed by atoms with Crippen molar-refractivity contribution in [2.45, 2.75) is 116 Å². The Morgan fingerprint density at radius 2 is 1.87 bits per heavy atom. The van der Waals surface area contributed by atoms with Gasteiger partial charge < -0.3 is 34.1 Å². The Labute approximate surface area is 431 Å². The van der Waals surface area contributed by atoms with Gasteiger partial charge in [0.1, 0.15) is 18.6 Å². The molecular weight excluding hydrogens is 988 g/mol. The van der Waals surface area contributed by atoms with Gasteiger partial charge in [0.25, 0.3) is 12.3 Å². The SMILES string of the molecule is C=CC(=O)N1CCO[C@H]2CN(C(=O)N(C)[C@H](C(=O)N[C@H]3Cc4cc(C(F)F)cc(n4)-c4ccc5c(c4)c(c(-c4cccnc4[C@H](C)OC)n5CC(F)(F)F)CC(C)(C)CO[N+](=O)[C@@H]4CCCN(N4)C3=O)C(C)C)C[C@H]21. The quantitative estimate of drug-likeness (QED) is 0.124. The molecule has 6 bridgehead atoms. The lowest BCUT2D eigenvalue weighted by molar-refractivity contribution is -0.835. The molecule has 8 rings (SSSR count). The van der Waals surface area contributed by atoms with E-state index in [1.54, 1.807) is 57.7 Å². The predicted molar refractivity (Wildman–Crippen MR) is 264 cm³/mol. The minimum atomic E-state index is -4.70. The summed E-state index contributed by atoms with van der Waals surface area (Å²) in [4.78, 5) is 90.3. The van der Waals surface area contributed by atoms with Crippen LogP contribution >= 0.6 is 0 Å². The first-order chi connectivity index (χ1) is 35.5. The number of alkyl halides is 5. The number of methoxy groups -OCH3 is 1. The van der Waals surface area contributed by atoms with Crippen molar-refractivity contribution in [1.29, 1.82) is 0 Å². The van der Waals surface area contributed by atoms with Crippen molar-refractivity contribution in [3.63, 3.8) is 0 Å². The van der Waals surface area contributed by atoms with Crippen LogP contribution in [0.25, 0.3) is 33.4 Å². The number of hydrogen-bond acceptors (Lipinski definition) is 11. The van der Waals surface area contributed by atoms with Crippen molar-refractivity contribution in [2.24, 2.45) is 11.3 Å². The Bertz CT molecular complexity index is 2840. The van der Waals surface area contributed by atoms with E-state index < -0.39 is 96.8 Å². The number of rotatable bonds is 10. The maximum Gasteiger partial charge on any atom is 0.406 e. The van der Waals surface area contributed by atoms with Gasteiger partial charge in [-0.05, 0) is 73.7 Å². The Kier molecular flexibility index (Phi) is 16.0. The maximum atomic E-state index is 15.0. The molecule has 6 atom stereocenters. The number of likely N-dealkylation sites (tertiary alicyclic amines) is 1. The summed E-state index contributed by atoms with van der Waals surface area (Å²) in [7, 11) is 2.91. The molecule has 7 heterocycles. The van der Waals surface area contributed by atoms with Crippen LogP contribution in [-0.4, -0.2) is 153 Å². The maximum absolute atomic E-state index is 15.0. The second-order valence-electron chi connectivity index (χ2n) is 20.8. The van der Waals surface area contributed by atoms with E-state index in [0.717, 1.165) is 10.6 Å². The van der Waals surface area contributed by atoms with Gasteiger partial charge in [0, 0.05) is 91.5 Å². The van der Waals surface area contributed by atoms with Gasteiger partial charge >= 0.3 is 18.4 Å². The number of carbonyl (C=O) groups excluding carboxylic acids is 4. The van der Waals surface area contributed by atoms with Crippen molar-refractivity contribution in [3.8, 4) is 22.5 Å². The van der Waals surface area contributed by atoms with Crippen LogP contribution in [0.1, 0.15) is 82.5 Å². The van der Waals surface area contributed by atoms with E-state index in [1.165, 1.54) is 59.4 Å². The molecule has 4 aliphatic heterocycles. The smallest absolute Gasteiger partial charge is 0.375 e. The van der Waals surface area contributed by atoms with Crippen LogP contribution in [0.15, 0.2) is 61.3 Å². The molecule has 0 radical (unpaired) electrons. The second-order valence-corrected chi connectivity index (χ2v) is 20.8. The van der Waals surface area contributed by atoms with E-state index in [9.17, 15) is 37.3 Å². The molecule has 75 heavy (non-hydrogen) atoms. The Balaban J connectivity index is 1.22. The molecule has 3 saturated heterocycles. The summed E-state index contributed by atoms with van der Waals surface area (Å²) in [5.41, 5.74) is 3.26. The lowest BCUT2D eigenvalue weighted by atomic mass is 9.84. The van der Waals surface area contributed by atoms with Crippen LogP contribution in [0.5, 0.6) is 0 Å². The lowest BCUT2D eigenvalue weighted by Crippen LogP contribution is -2.62. The molecule has 1 aromatic carbocycles. The largest absolute Gasteiger partial charge is 0.406 e. The second kappa shape index (κ2) is 21.9. The molecule has 2 N–H and O–H groups in total.